The van der Waals surface area contributed by atoms with E-state index in [4.69, 9.17) is 15.2 Å². The molecular weight excluding hydrogens is 321 g/mol. The van der Waals surface area contributed by atoms with Crippen LogP contribution in [0, 0.1) is 5.82 Å². The van der Waals surface area contributed by atoms with E-state index in [1.165, 1.54) is 7.11 Å². The molecule has 3 rings (SSSR count). The monoisotopic (exact) mass is 343 g/mol. The van der Waals surface area contributed by atoms with Crippen molar-refractivity contribution in [2.45, 2.75) is 24.8 Å². The number of nitrogens with two attached hydrogens (primary N) is 1. The molecule has 0 radical (unpaired) electrons. The molecule has 0 unspecified atom stereocenters. The second kappa shape index (κ2) is 7.42. The highest BCUT2D eigenvalue weighted by Crippen LogP contribution is 2.39. The average molecular weight is 343 g/mol. The van der Waals surface area contributed by atoms with E-state index < -0.39 is 0 Å². The molecule has 0 aliphatic heterocycles. The topological polar surface area (TPSA) is 68.9 Å². The molecule has 0 amide bonds. The van der Waals surface area contributed by atoms with Crippen LogP contribution < -0.4 is 20.5 Å². The number of hydrogen-bond donors (Lipinski definition) is 2. The molecule has 2 aromatic carbocycles. The summed E-state index contributed by atoms with van der Waals surface area (Å²) < 4.78 is 23.8. The molecule has 3 N–H and O–H groups in total. The molecule has 0 bridgehead atoms. The number of guanidine groups is 1. The Hall–Kier alpha value is -2.76. The van der Waals surface area contributed by atoms with Crippen LogP contribution in [0.25, 0.3) is 0 Å². The van der Waals surface area contributed by atoms with Crippen molar-refractivity contribution in [3.8, 4) is 11.5 Å². The van der Waals surface area contributed by atoms with Gasteiger partial charge in [-0.3, -0.25) is 0 Å². The third kappa shape index (κ3) is 4.02. The van der Waals surface area contributed by atoms with Gasteiger partial charge in [0.15, 0.2) is 17.5 Å². The van der Waals surface area contributed by atoms with Crippen molar-refractivity contribution in [3.63, 3.8) is 0 Å². The molecule has 0 atom stereocenters. The number of benzene rings is 2. The van der Waals surface area contributed by atoms with Crippen LogP contribution in [0.15, 0.2) is 47.5 Å². The summed E-state index contributed by atoms with van der Waals surface area (Å²) in [5, 5.41) is 3.07. The predicted octanol–water partition coefficient (Wildman–Crippen LogP) is 3.52. The van der Waals surface area contributed by atoms with Gasteiger partial charge in [-0.15, -0.1) is 0 Å². The summed E-state index contributed by atoms with van der Waals surface area (Å²) in [6.07, 6.45) is 1.72. The fraction of sp³-hybridized carbons (Fsp3) is 0.316. The highest BCUT2D eigenvalue weighted by Gasteiger charge is 2.30. The summed E-state index contributed by atoms with van der Waals surface area (Å²) in [5.74, 6) is 1.42. The van der Waals surface area contributed by atoms with Gasteiger partial charge in [-0.2, -0.15) is 0 Å². The maximum atomic E-state index is 13.8. The minimum Gasteiger partial charge on any atom is -0.497 e. The summed E-state index contributed by atoms with van der Waals surface area (Å²) in [7, 11) is 3.09. The third-order valence-corrected chi connectivity index (χ3v) is 4.44. The SMILES string of the molecule is COc1ccc(NC(N)=NC2CC(c3ccc(OC)c(F)c3)C2)cc1. The lowest BCUT2D eigenvalue weighted by Crippen LogP contribution is -2.31. The molecule has 1 saturated carbocycles. The smallest absolute Gasteiger partial charge is 0.193 e. The number of methoxy groups -OCH3 is 2. The summed E-state index contributed by atoms with van der Waals surface area (Å²) in [6.45, 7) is 0. The molecule has 25 heavy (non-hydrogen) atoms. The standard InChI is InChI=1S/C19H22FN3O2/c1-24-16-6-4-14(5-7-16)22-19(21)23-15-9-13(10-15)12-3-8-18(25-2)17(20)11-12/h3-8,11,13,15H,9-10H2,1-2H3,(H3,21,22,23). The lowest BCUT2D eigenvalue weighted by molar-refractivity contribution is 0.349. The number of nitrogens with one attached hydrogen (secondary N) is 1. The number of ether oxygens (including phenoxy) is 2. The zero-order valence-electron chi connectivity index (χ0n) is 14.3. The Morgan fingerprint density at radius 3 is 2.44 bits per heavy atom. The van der Waals surface area contributed by atoms with E-state index in [0.717, 1.165) is 29.8 Å². The van der Waals surface area contributed by atoms with Crippen LogP contribution in [0.1, 0.15) is 24.3 Å². The highest BCUT2D eigenvalue weighted by atomic mass is 19.1. The van der Waals surface area contributed by atoms with Crippen LogP contribution in [0.4, 0.5) is 10.1 Å². The first-order valence-corrected chi connectivity index (χ1v) is 8.17. The Labute approximate surface area is 146 Å². The van der Waals surface area contributed by atoms with Crippen LogP contribution >= 0.6 is 0 Å². The second-order valence-corrected chi connectivity index (χ2v) is 6.08. The first kappa shape index (κ1) is 17.1. The molecule has 2 aromatic rings. The van der Waals surface area contributed by atoms with Crippen LogP contribution in [0.2, 0.25) is 0 Å². The Bertz CT molecular complexity index is 756. The number of halogens is 1. The fourth-order valence-corrected chi connectivity index (χ4v) is 2.95. The minimum atomic E-state index is -0.326. The Kier molecular flexibility index (Phi) is 5.07. The third-order valence-electron chi connectivity index (χ3n) is 4.44. The fourth-order valence-electron chi connectivity index (χ4n) is 2.95. The number of rotatable bonds is 5. The maximum Gasteiger partial charge on any atom is 0.193 e. The summed E-state index contributed by atoms with van der Waals surface area (Å²) >= 11 is 0. The molecule has 0 saturated heterocycles. The molecule has 132 valence electrons. The van der Waals surface area contributed by atoms with E-state index in [-0.39, 0.29) is 17.6 Å². The molecule has 0 heterocycles. The molecule has 1 fully saturated rings. The van der Waals surface area contributed by atoms with Crippen LogP contribution in [-0.2, 0) is 0 Å². The van der Waals surface area contributed by atoms with Gasteiger partial charge in [0.2, 0.25) is 0 Å². The van der Waals surface area contributed by atoms with E-state index in [2.05, 4.69) is 10.3 Å². The van der Waals surface area contributed by atoms with Gasteiger partial charge in [0.25, 0.3) is 0 Å². The van der Waals surface area contributed by atoms with Crippen LogP contribution in [-0.4, -0.2) is 26.2 Å². The van der Waals surface area contributed by atoms with E-state index >= 15 is 0 Å². The van der Waals surface area contributed by atoms with Crippen LogP contribution in [0.3, 0.4) is 0 Å². The zero-order valence-corrected chi connectivity index (χ0v) is 14.3. The van der Waals surface area contributed by atoms with E-state index in [1.807, 2.05) is 30.3 Å². The van der Waals surface area contributed by atoms with Crippen molar-refractivity contribution >= 4 is 11.6 Å². The first-order valence-electron chi connectivity index (χ1n) is 8.17. The molecule has 0 spiro atoms. The molecule has 5 nitrogen and oxygen atoms in total. The van der Waals surface area contributed by atoms with Crippen molar-refractivity contribution in [1.29, 1.82) is 0 Å². The van der Waals surface area contributed by atoms with E-state index in [0.29, 0.717) is 11.9 Å². The molecule has 0 aromatic heterocycles. The largest absolute Gasteiger partial charge is 0.497 e. The number of hydrogen-bond acceptors (Lipinski definition) is 3. The first-order chi connectivity index (χ1) is 12.1. The van der Waals surface area contributed by atoms with Gasteiger partial charge < -0.3 is 20.5 Å². The molecule has 1 aliphatic carbocycles. The number of anilines is 1. The zero-order chi connectivity index (χ0) is 17.8. The number of aliphatic imine (C=N–C) groups is 1. The quantitative estimate of drug-likeness (QED) is 0.644. The van der Waals surface area contributed by atoms with Gasteiger partial charge in [-0.25, -0.2) is 9.38 Å². The second-order valence-electron chi connectivity index (χ2n) is 6.08. The normalized spacial score (nSPS) is 19.9. The molecular formula is C19H22FN3O2. The van der Waals surface area contributed by atoms with Crippen molar-refractivity contribution in [2.75, 3.05) is 19.5 Å². The minimum absolute atomic E-state index is 0.154. The van der Waals surface area contributed by atoms with Crippen LogP contribution in [0.5, 0.6) is 11.5 Å². The molecule has 1 aliphatic rings. The van der Waals surface area contributed by atoms with E-state index in [9.17, 15) is 4.39 Å². The van der Waals surface area contributed by atoms with Gasteiger partial charge in [-0.1, -0.05) is 6.07 Å². The van der Waals surface area contributed by atoms with Crippen molar-refractivity contribution in [3.05, 3.63) is 53.8 Å². The van der Waals surface area contributed by atoms with Gasteiger partial charge in [0.05, 0.1) is 20.3 Å². The lowest BCUT2D eigenvalue weighted by atomic mass is 9.76. The summed E-state index contributed by atoms with van der Waals surface area (Å²) in [5.41, 5.74) is 7.80. The van der Waals surface area contributed by atoms with E-state index in [1.54, 1.807) is 19.2 Å². The summed E-state index contributed by atoms with van der Waals surface area (Å²) in [4.78, 5) is 4.49. The Morgan fingerprint density at radius 2 is 1.84 bits per heavy atom. The van der Waals surface area contributed by atoms with Crippen molar-refractivity contribution < 1.29 is 13.9 Å². The summed E-state index contributed by atoms with van der Waals surface area (Å²) in [6, 6.07) is 12.7. The average Bonchev–Trinajstić information content (AvgIpc) is 2.58. The molecule has 6 heteroatoms. The highest BCUT2D eigenvalue weighted by molar-refractivity contribution is 5.92. The van der Waals surface area contributed by atoms with Crippen molar-refractivity contribution in [2.24, 2.45) is 10.7 Å². The Balaban J connectivity index is 1.54. The van der Waals surface area contributed by atoms with Gasteiger partial charge in [-0.05, 0) is 60.7 Å². The maximum absolute atomic E-state index is 13.8. The Morgan fingerprint density at radius 1 is 1.12 bits per heavy atom. The predicted molar refractivity (Wildman–Crippen MR) is 97.0 cm³/mol. The van der Waals surface area contributed by atoms with Crippen molar-refractivity contribution in [1.82, 2.24) is 0 Å². The van der Waals surface area contributed by atoms with Gasteiger partial charge in [0, 0.05) is 5.69 Å². The lowest BCUT2D eigenvalue weighted by Gasteiger charge is -2.33. The van der Waals surface area contributed by atoms with Gasteiger partial charge >= 0.3 is 0 Å². The number of nitrogens with zero attached hydrogens (tertiary/aromatic N) is 1. The van der Waals surface area contributed by atoms with Gasteiger partial charge in [0.1, 0.15) is 5.75 Å².